The van der Waals surface area contributed by atoms with Gasteiger partial charge in [-0.25, -0.2) is 11.0 Å². The molecular formula is C10H10N2O4. The molecule has 1 rings (SSSR count). The molecule has 6 nitrogen and oxygen atoms in total. The molecule has 1 aromatic rings. The number of hydrogen-bond donors (Lipinski definition) is 4. The van der Waals surface area contributed by atoms with E-state index in [1.807, 2.05) is 0 Å². The van der Waals surface area contributed by atoms with Crippen molar-refractivity contribution in [1.29, 1.82) is 0 Å². The summed E-state index contributed by atoms with van der Waals surface area (Å²) in [5, 5.41) is 16.6. The molecule has 0 heterocycles. The van der Waals surface area contributed by atoms with Crippen molar-refractivity contribution in [3.8, 4) is 0 Å². The second-order valence-corrected chi connectivity index (χ2v) is 2.87. The third kappa shape index (κ3) is 3.19. The maximum absolute atomic E-state index is 11.0. The molecule has 0 bridgehead atoms. The fourth-order valence-corrected chi connectivity index (χ4v) is 1.02. The molecule has 0 unspecified atom stereocenters. The molecule has 0 atom stereocenters. The van der Waals surface area contributed by atoms with Crippen LogP contribution in [0.15, 0.2) is 30.3 Å². The molecule has 0 aromatic heterocycles. The SMILES string of the molecule is O=C(C=Cc1ccc(C(=O)NO)cc1)NO. The highest BCUT2D eigenvalue weighted by Crippen LogP contribution is 2.05. The van der Waals surface area contributed by atoms with Crippen LogP contribution in [-0.2, 0) is 4.79 Å². The van der Waals surface area contributed by atoms with Gasteiger partial charge in [-0.15, -0.1) is 0 Å². The van der Waals surface area contributed by atoms with Crippen LogP contribution in [0.4, 0.5) is 0 Å². The Morgan fingerprint density at radius 3 is 2.19 bits per heavy atom. The fraction of sp³-hybridized carbons (Fsp3) is 0. The Morgan fingerprint density at radius 2 is 1.69 bits per heavy atom. The van der Waals surface area contributed by atoms with E-state index < -0.39 is 11.8 Å². The zero-order chi connectivity index (χ0) is 12.0. The smallest absolute Gasteiger partial charge is 0.274 e. The summed E-state index contributed by atoms with van der Waals surface area (Å²) < 4.78 is 0. The van der Waals surface area contributed by atoms with Gasteiger partial charge in [0, 0.05) is 11.6 Å². The Morgan fingerprint density at radius 1 is 1.06 bits per heavy atom. The quantitative estimate of drug-likeness (QED) is 0.336. The first kappa shape index (κ1) is 11.9. The highest BCUT2D eigenvalue weighted by Gasteiger charge is 2.01. The Hall–Kier alpha value is -2.18. The van der Waals surface area contributed by atoms with Crippen LogP contribution in [0.2, 0.25) is 0 Å². The van der Waals surface area contributed by atoms with Gasteiger partial charge in [-0.1, -0.05) is 12.1 Å². The molecule has 6 heteroatoms. The second-order valence-electron chi connectivity index (χ2n) is 2.87. The molecule has 4 N–H and O–H groups in total. The minimum atomic E-state index is -0.642. The van der Waals surface area contributed by atoms with Crippen LogP contribution in [0.5, 0.6) is 0 Å². The molecule has 0 saturated heterocycles. The minimum absolute atomic E-state index is 0.297. The number of nitrogens with one attached hydrogen (secondary N) is 2. The summed E-state index contributed by atoms with van der Waals surface area (Å²) in [4.78, 5) is 21.6. The van der Waals surface area contributed by atoms with E-state index in [4.69, 9.17) is 10.4 Å². The number of benzene rings is 1. The van der Waals surface area contributed by atoms with Gasteiger partial charge in [0.05, 0.1) is 0 Å². The van der Waals surface area contributed by atoms with Crippen LogP contribution in [0, 0.1) is 0 Å². The summed E-state index contributed by atoms with van der Waals surface area (Å²) in [5.41, 5.74) is 3.93. The highest BCUT2D eigenvalue weighted by atomic mass is 16.5. The van der Waals surface area contributed by atoms with Crippen molar-refractivity contribution in [3.63, 3.8) is 0 Å². The third-order valence-electron chi connectivity index (χ3n) is 1.81. The number of hydroxylamine groups is 2. The third-order valence-corrected chi connectivity index (χ3v) is 1.81. The first-order valence-corrected chi connectivity index (χ1v) is 4.34. The summed E-state index contributed by atoms with van der Waals surface area (Å²) >= 11 is 0. The van der Waals surface area contributed by atoms with Crippen LogP contribution in [0.25, 0.3) is 6.08 Å². The topological polar surface area (TPSA) is 98.7 Å². The molecule has 0 aliphatic carbocycles. The number of carbonyl (C=O) groups is 2. The molecule has 0 fully saturated rings. The van der Waals surface area contributed by atoms with E-state index in [0.717, 1.165) is 6.08 Å². The highest BCUT2D eigenvalue weighted by molar-refractivity contribution is 5.94. The van der Waals surface area contributed by atoms with Crippen LogP contribution < -0.4 is 11.0 Å². The van der Waals surface area contributed by atoms with E-state index in [1.54, 1.807) is 12.1 Å². The molecule has 0 radical (unpaired) electrons. The van der Waals surface area contributed by atoms with Crippen molar-refractivity contribution in [2.24, 2.45) is 0 Å². The van der Waals surface area contributed by atoms with Crippen molar-refractivity contribution >= 4 is 17.9 Å². The normalized spacial score (nSPS) is 10.1. The molecular weight excluding hydrogens is 212 g/mol. The number of amides is 2. The molecule has 1 aromatic carbocycles. The second kappa shape index (κ2) is 5.64. The van der Waals surface area contributed by atoms with Gasteiger partial charge >= 0.3 is 0 Å². The Bertz CT molecular complexity index is 411. The summed E-state index contributed by atoms with van der Waals surface area (Å²) in [7, 11) is 0. The summed E-state index contributed by atoms with van der Waals surface area (Å²) in [6, 6.07) is 6.15. The fourth-order valence-electron chi connectivity index (χ4n) is 1.02. The van der Waals surface area contributed by atoms with Gasteiger partial charge in [0.1, 0.15) is 0 Å². The average Bonchev–Trinajstić information content (AvgIpc) is 2.35. The Balaban J connectivity index is 2.75. The predicted molar refractivity (Wildman–Crippen MR) is 54.7 cm³/mol. The number of rotatable bonds is 3. The first-order chi connectivity index (χ1) is 7.67. The van der Waals surface area contributed by atoms with Crippen LogP contribution in [-0.4, -0.2) is 22.2 Å². The monoisotopic (exact) mass is 222 g/mol. The molecule has 0 spiro atoms. The lowest BCUT2D eigenvalue weighted by Crippen LogP contribution is -2.18. The van der Waals surface area contributed by atoms with Crippen molar-refractivity contribution in [2.75, 3.05) is 0 Å². The van der Waals surface area contributed by atoms with Crippen LogP contribution >= 0.6 is 0 Å². The van der Waals surface area contributed by atoms with Gasteiger partial charge in [0.2, 0.25) is 0 Å². The molecule has 0 aliphatic heterocycles. The molecule has 2 amide bonds. The predicted octanol–water partition coefficient (Wildman–Crippen LogP) is 0.324. The lowest BCUT2D eigenvalue weighted by Gasteiger charge is -1.98. The van der Waals surface area contributed by atoms with Crippen LogP contribution in [0.3, 0.4) is 0 Å². The number of hydrogen-bond acceptors (Lipinski definition) is 4. The van der Waals surface area contributed by atoms with E-state index in [2.05, 4.69) is 0 Å². The molecule has 84 valence electrons. The minimum Gasteiger partial charge on any atom is -0.288 e. The maximum Gasteiger partial charge on any atom is 0.274 e. The largest absolute Gasteiger partial charge is 0.288 e. The summed E-state index contributed by atoms with van der Waals surface area (Å²) in [6.07, 6.45) is 2.60. The van der Waals surface area contributed by atoms with E-state index in [-0.39, 0.29) is 0 Å². The van der Waals surface area contributed by atoms with Gasteiger partial charge < -0.3 is 0 Å². The standard InChI is InChI=1S/C10H10N2O4/c13-9(11-15)6-3-7-1-4-8(5-2-7)10(14)12-16/h1-6,15-16H,(H,11,13)(H,12,14). The summed E-state index contributed by atoms with van der Waals surface area (Å²) in [5.74, 6) is -1.25. The molecule has 16 heavy (non-hydrogen) atoms. The van der Waals surface area contributed by atoms with E-state index >= 15 is 0 Å². The first-order valence-electron chi connectivity index (χ1n) is 4.34. The van der Waals surface area contributed by atoms with Crippen molar-refractivity contribution in [3.05, 3.63) is 41.5 Å². The van der Waals surface area contributed by atoms with Gasteiger partial charge in [-0.3, -0.25) is 20.0 Å². The van der Waals surface area contributed by atoms with Crippen molar-refractivity contribution in [1.82, 2.24) is 11.0 Å². The zero-order valence-electron chi connectivity index (χ0n) is 8.18. The zero-order valence-corrected chi connectivity index (χ0v) is 8.18. The average molecular weight is 222 g/mol. The van der Waals surface area contributed by atoms with Gasteiger partial charge in [-0.2, -0.15) is 0 Å². The molecule has 0 saturated carbocycles. The van der Waals surface area contributed by atoms with Crippen molar-refractivity contribution < 1.29 is 20.0 Å². The lowest BCUT2D eigenvalue weighted by molar-refractivity contribution is -0.124. The molecule has 0 aliphatic rings. The van der Waals surface area contributed by atoms with E-state index in [0.29, 0.717) is 11.1 Å². The number of carbonyl (C=O) groups excluding carboxylic acids is 2. The lowest BCUT2D eigenvalue weighted by atomic mass is 10.1. The van der Waals surface area contributed by atoms with Gasteiger partial charge in [0.25, 0.3) is 11.8 Å². The van der Waals surface area contributed by atoms with Crippen molar-refractivity contribution in [2.45, 2.75) is 0 Å². The Kier molecular flexibility index (Phi) is 4.19. The van der Waals surface area contributed by atoms with Gasteiger partial charge in [-0.05, 0) is 23.8 Å². The van der Waals surface area contributed by atoms with Gasteiger partial charge in [0.15, 0.2) is 0 Å². The Labute approximate surface area is 91.1 Å². The van der Waals surface area contributed by atoms with E-state index in [9.17, 15) is 9.59 Å². The maximum atomic E-state index is 11.0. The summed E-state index contributed by atoms with van der Waals surface area (Å²) in [6.45, 7) is 0. The van der Waals surface area contributed by atoms with Crippen LogP contribution in [0.1, 0.15) is 15.9 Å². The van der Waals surface area contributed by atoms with E-state index in [1.165, 1.54) is 29.2 Å².